The molecule has 0 unspecified atom stereocenters. The van der Waals surface area contributed by atoms with E-state index in [-0.39, 0.29) is 0 Å². The van der Waals surface area contributed by atoms with E-state index in [1.807, 2.05) is 0 Å². The first kappa shape index (κ1) is 18.5. The Morgan fingerprint density at radius 2 is 1.70 bits per heavy atom. The van der Waals surface area contributed by atoms with Gasteiger partial charge in [-0.3, -0.25) is 0 Å². The van der Waals surface area contributed by atoms with Crippen LogP contribution in [0, 0.1) is 11.8 Å². The maximum atomic E-state index is 8.98. The van der Waals surface area contributed by atoms with Gasteiger partial charge in [0, 0.05) is 47.8 Å². The summed E-state index contributed by atoms with van der Waals surface area (Å²) in [5, 5.41) is 13.4. The van der Waals surface area contributed by atoms with Gasteiger partial charge >= 0.3 is 0 Å². The lowest BCUT2D eigenvalue weighted by molar-refractivity contribution is 0.0894. The van der Waals surface area contributed by atoms with Crippen LogP contribution in [0.15, 0.2) is 35.6 Å². The minimum absolute atomic E-state index is 0.541. The van der Waals surface area contributed by atoms with Crippen LogP contribution in [0.1, 0.15) is 64.0 Å². The van der Waals surface area contributed by atoms with Gasteiger partial charge in [-0.05, 0) is 56.4 Å². The molecule has 0 amide bonds. The molecule has 1 aromatic carbocycles. The number of oxime groups is 1. The van der Waals surface area contributed by atoms with E-state index in [9.17, 15) is 0 Å². The molecular weight excluding hydrogens is 334 g/mol. The Kier molecular flexibility index (Phi) is 5.53. The maximum absolute atomic E-state index is 8.98. The van der Waals surface area contributed by atoms with Gasteiger partial charge in [0.25, 0.3) is 0 Å². The Morgan fingerprint density at radius 1 is 1.00 bits per heavy atom. The molecule has 1 aliphatic carbocycles. The molecule has 1 aliphatic heterocycles. The number of hydrogen-bond donors (Lipinski definition) is 1. The number of benzene rings is 1. The molecular formula is C23H33N3O. The fourth-order valence-electron chi connectivity index (χ4n) is 5.36. The summed E-state index contributed by atoms with van der Waals surface area (Å²) in [5.74, 6) is 1.78. The topological polar surface area (TPSA) is 40.8 Å². The number of likely N-dealkylation sites (tertiary alicyclic amines) is 1. The van der Waals surface area contributed by atoms with Crippen molar-refractivity contribution in [2.45, 2.75) is 64.5 Å². The molecule has 1 saturated heterocycles. The Hall–Kier alpha value is -1.81. The number of nitrogens with zero attached hydrogens (tertiary/aromatic N) is 3. The second kappa shape index (κ2) is 8.05. The molecule has 2 aromatic rings. The third-order valence-electron chi connectivity index (χ3n) is 7.06. The van der Waals surface area contributed by atoms with Crippen molar-refractivity contribution in [1.29, 1.82) is 0 Å². The lowest BCUT2D eigenvalue weighted by Crippen LogP contribution is -2.43. The van der Waals surface area contributed by atoms with Crippen molar-refractivity contribution in [2.24, 2.45) is 17.0 Å². The van der Waals surface area contributed by atoms with Gasteiger partial charge in [-0.2, -0.15) is 0 Å². The number of fused-ring (bicyclic) bond motifs is 1. The van der Waals surface area contributed by atoms with Crippen LogP contribution >= 0.6 is 0 Å². The summed E-state index contributed by atoms with van der Waals surface area (Å²) in [4.78, 5) is 2.76. The summed E-state index contributed by atoms with van der Waals surface area (Å²) in [6.45, 7) is 7.18. The molecule has 1 N–H and O–H groups in total. The monoisotopic (exact) mass is 367 g/mol. The summed E-state index contributed by atoms with van der Waals surface area (Å²) in [5.41, 5.74) is 2.26. The summed E-state index contributed by atoms with van der Waals surface area (Å²) < 4.78 is 2.42. The van der Waals surface area contributed by atoms with Crippen molar-refractivity contribution < 1.29 is 5.21 Å². The van der Waals surface area contributed by atoms with Crippen molar-refractivity contribution in [3.8, 4) is 0 Å². The van der Waals surface area contributed by atoms with Gasteiger partial charge in [0.05, 0.1) is 6.21 Å². The molecule has 2 fully saturated rings. The van der Waals surface area contributed by atoms with Crippen LogP contribution < -0.4 is 0 Å². The first-order valence-corrected chi connectivity index (χ1v) is 10.7. The molecule has 4 rings (SSSR count). The zero-order valence-corrected chi connectivity index (χ0v) is 16.7. The molecule has 1 saturated carbocycles. The smallest absolute Gasteiger partial charge is 0.0755 e. The summed E-state index contributed by atoms with van der Waals surface area (Å²) >= 11 is 0. The number of para-hydroxylation sites is 1. The van der Waals surface area contributed by atoms with Gasteiger partial charge in [0.2, 0.25) is 0 Å². The van der Waals surface area contributed by atoms with Gasteiger partial charge < -0.3 is 14.7 Å². The first-order valence-electron chi connectivity index (χ1n) is 10.7. The van der Waals surface area contributed by atoms with E-state index in [1.165, 1.54) is 62.5 Å². The SMILES string of the molecule is CC(C)[C@H]1CC[C@@H](N2CCC(n3cc(/C=N/O)c4ccccc43)CC2)CC1. The maximum Gasteiger partial charge on any atom is 0.0755 e. The van der Waals surface area contributed by atoms with Gasteiger partial charge in [0.15, 0.2) is 0 Å². The van der Waals surface area contributed by atoms with Crippen LogP contribution in [0.5, 0.6) is 0 Å². The van der Waals surface area contributed by atoms with Crippen LogP contribution in [0.4, 0.5) is 0 Å². The number of rotatable bonds is 4. The largest absolute Gasteiger partial charge is 0.411 e. The zero-order chi connectivity index (χ0) is 18.8. The lowest BCUT2D eigenvalue weighted by Gasteiger charge is -2.42. The predicted molar refractivity (Wildman–Crippen MR) is 112 cm³/mol. The summed E-state index contributed by atoms with van der Waals surface area (Å²) in [7, 11) is 0. The molecule has 1 aromatic heterocycles. The highest BCUT2D eigenvalue weighted by Crippen LogP contribution is 2.35. The van der Waals surface area contributed by atoms with E-state index in [1.54, 1.807) is 6.21 Å². The minimum atomic E-state index is 0.541. The second-order valence-corrected chi connectivity index (χ2v) is 8.83. The van der Waals surface area contributed by atoms with E-state index in [4.69, 9.17) is 5.21 Å². The molecule has 146 valence electrons. The third kappa shape index (κ3) is 3.77. The van der Waals surface area contributed by atoms with Crippen molar-refractivity contribution in [3.05, 3.63) is 36.0 Å². The molecule has 0 spiro atoms. The molecule has 2 heterocycles. The van der Waals surface area contributed by atoms with Crippen LogP contribution in [0.25, 0.3) is 10.9 Å². The first-order chi connectivity index (χ1) is 13.2. The minimum Gasteiger partial charge on any atom is -0.411 e. The van der Waals surface area contributed by atoms with E-state index < -0.39 is 0 Å². The van der Waals surface area contributed by atoms with E-state index in [0.29, 0.717) is 6.04 Å². The zero-order valence-electron chi connectivity index (χ0n) is 16.7. The molecule has 4 nitrogen and oxygen atoms in total. The standard InChI is InChI=1S/C23H33N3O/c1-17(2)18-7-9-20(10-8-18)25-13-11-21(12-14-25)26-16-19(15-24-27)22-5-3-4-6-23(22)26/h3-6,15-18,20-21,27H,7-14H2,1-2H3/b24-15+/t18-,20+. The van der Waals surface area contributed by atoms with Gasteiger partial charge in [-0.25, -0.2) is 0 Å². The molecule has 0 radical (unpaired) electrons. The molecule has 4 heteroatoms. The Balaban J connectivity index is 1.42. The highest BCUT2D eigenvalue weighted by molar-refractivity contribution is 5.99. The third-order valence-corrected chi connectivity index (χ3v) is 7.06. The van der Waals surface area contributed by atoms with Crippen molar-refractivity contribution in [2.75, 3.05) is 13.1 Å². The highest BCUT2D eigenvalue weighted by Gasteiger charge is 2.30. The van der Waals surface area contributed by atoms with E-state index >= 15 is 0 Å². The van der Waals surface area contributed by atoms with Crippen molar-refractivity contribution in [1.82, 2.24) is 9.47 Å². The quantitative estimate of drug-likeness (QED) is 0.452. The average Bonchev–Trinajstić information content (AvgIpc) is 3.07. The molecule has 0 atom stereocenters. The van der Waals surface area contributed by atoms with Crippen molar-refractivity contribution >= 4 is 17.1 Å². The highest BCUT2D eigenvalue weighted by atomic mass is 16.4. The molecule has 27 heavy (non-hydrogen) atoms. The van der Waals surface area contributed by atoms with Gasteiger partial charge in [-0.15, -0.1) is 0 Å². The number of hydrogen-bond acceptors (Lipinski definition) is 3. The van der Waals surface area contributed by atoms with Gasteiger partial charge in [-0.1, -0.05) is 37.2 Å². The molecule has 0 bridgehead atoms. The fraction of sp³-hybridized carbons (Fsp3) is 0.609. The van der Waals surface area contributed by atoms with Crippen LogP contribution in [0.3, 0.4) is 0 Å². The average molecular weight is 368 g/mol. The van der Waals surface area contributed by atoms with Crippen LogP contribution in [0.2, 0.25) is 0 Å². The van der Waals surface area contributed by atoms with E-state index in [0.717, 1.165) is 23.4 Å². The number of aromatic nitrogens is 1. The fourth-order valence-corrected chi connectivity index (χ4v) is 5.36. The number of piperidine rings is 1. The summed E-state index contributed by atoms with van der Waals surface area (Å²) in [6.07, 6.45) is 11.7. The Bertz CT molecular complexity index is 778. The predicted octanol–water partition coefficient (Wildman–Crippen LogP) is 5.30. The summed E-state index contributed by atoms with van der Waals surface area (Å²) in [6, 6.07) is 9.80. The Morgan fingerprint density at radius 3 is 2.37 bits per heavy atom. The second-order valence-electron chi connectivity index (χ2n) is 8.83. The van der Waals surface area contributed by atoms with Crippen LogP contribution in [-0.2, 0) is 0 Å². The lowest BCUT2D eigenvalue weighted by atomic mass is 9.79. The normalized spacial score (nSPS) is 25.7. The van der Waals surface area contributed by atoms with Crippen molar-refractivity contribution in [3.63, 3.8) is 0 Å². The van der Waals surface area contributed by atoms with Crippen LogP contribution in [-0.4, -0.2) is 40.0 Å². The Labute approximate surface area is 162 Å². The van der Waals surface area contributed by atoms with E-state index in [2.05, 4.69) is 58.9 Å². The van der Waals surface area contributed by atoms with Gasteiger partial charge in [0.1, 0.15) is 0 Å². The molecule has 2 aliphatic rings.